The van der Waals surface area contributed by atoms with Crippen molar-refractivity contribution < 1.29 is 14.7 Å². The van der Waals surface area contributed by atoms with Crippen LogP contribution in [0.1, 0.15) is 37.1 Å². The van der Waals surface area contributed by atoms with Crippen molar-refractivity contribution in [1.82, 2.24) is 5.32 Å². The Balaban J connectivity index is 2.18. The third-order valence-electron chi connectivity index (χ3n) is 3.98. The van der Waals surface area contributed by atoms with Gasteiger partial charge >= 0.3 is 0 Å². The lowest BCUT2D eigenvalue weighted by Gasteiger charge is -2.35. The van der Waals surface area contributed by atoms with Crippen LogP contribution in [0.15, 0.2) is 22.7 Å². The quantitative estimate of drug-likeness (QED) is 0.335. The lowest BCUT2D eigenvalue weighted by atomic mass is 9.78. The number of amidine groups is 1. The van der Waals surface area contributed by atoms with Crippen LogP contribution in [0.25, 0.3) is 0 Å². The molecule has 2 heterocycles. The number of carbonyl (C=O) groups is 1. The second kappa shape index (κ2) is 6.91. The van der Waals surface area contributed by atoms with Gasteiger partial charge in [0, 0.05) is 18.1 Å². The topological polar surface area (TPSA) is 96.9 Å². The number of amides is 1. The van der Waals surface area contributed by atoms with E-state index < -0.39 is 5.41 Å². The smallest absolute Gasteiger partial charge is 0.234 e. The van der Waals surface area contributed by atoms with E-state index in [9.17, 15) is 4.79 Å². The Bertz CT molecular complexity index is 496. The number of thiophene rings is 1. The number of ether oxygens (including phenoxy) is 1. The number of carbonyl (C=O) groups excluding carboxylic acids is 1. The highest BCUT2D eigenvalue weighted by Crippen LogP contribution is 2.33. The molecule has 0 aliphatic carbocycles. The second-order valence-corrected chi connectivity index (χ2v) is 6.11. The van der Waals surface area contributed by atoms with E-state index in [1.54, 1.807) is 11.3 Å². The van der Waals surface area contributed by atoms with Gasteiger partial charge in [-0.15, -0.1) is 11.3 Å². The van der Waals surface area contributed by atoms with Crippen LogP contribution in [0.4, 0.5) is 0 Å². The van der Waals surface area contributed by atoms with Gasteiger partial charge in [-0.3, -0.25) is 4.79 Å². The van der Waals surface area contributed by atoms with Crippen LogP contribution >= 0.6 is 11.3 Å². The van der Waals surface area contributed by atoms with Gasteiger partial charge in [-0.1, -0.05) is 18.1 Å². The number of nitrogens with two attached hydrogens (primary N) is 1. The molecule has 6 nitrogen and oxygen atoms in total. The first kappa shape index (κ1) is 15.8. The molecule has 7 heteroatoms. The Kier molecular flexibility index (Phi) is 5.19. The molecule has 1 amide bonds. The fourth-order valence-electron chi connectivity index (χ4n) is 2.58. The summed E-state index contributed by atoms with van der Waals surface area (Å²) in [4.78, 5) is 13.9. The van der Waals surface area contributed by atoms with Crippen molar-refractivity contribution in [3.63, 3.8) is 0 Å². The summed E-state index contributed by atoms with van der Waals surface area (Å²) in [6.45, 7) is 2.88. The van der Waals surface area contributed by atoms with E-state index in [2.05, 4.69) is 10.5 Å². The summed E-state index contributed by atoms with van der Waals surface area (Å²) >= 11 is 1.61. The molecule has 0 aromatic carbocycles. The van der Waals surface area contributed by atoms with E-state index >= 15 is 0 Å². The molecule has 116 valence electrons. The fourth-order valence-corrected chi connectivity index (χ4v) is 3.44. The molecule has 1 aliphatic rings. The van der Waals surface area contributed by atoms with Gasteiger partial charge in [-0.05, 0) is 30.7 Å². The molecule has 0 bridgehead atoms. The minimum atomic E-state index is -0.975. The van der Waals surface area contributed by atoms with Crippen LogP contribution in [0.2, 0.25) is 0 Å². The second-order valence-electron chi connectivity index (χ2n) is 5.13. The molecule has 0 spiro atoms. The van der Waals surface area contributed by atoms with Crippen molar-refractivity contribution in [2.75, 3.05) is 13.2 Å². The number of hydrogen-bond acceptors (Lipinski definition) is 5. The molecule has 1 aromatic rings. The molecule has 1 aliphatic heterocycles. The minimum absolute atomic E-state index is 0.0377. The molecule has 1 aromatic heterocycles. The van der Waals surface area contributed by atoms with Gasteiger partial charge in [0.05, 0.1) is 6.04 Å². The average Bonchev–Trinajstić information content (AvgIpc) is 3.06. The van der Waals surface area contributed by atoms with Gasteiger partial charge in [0.25, 0.3) is 0 Å². The molecule has 1 saturated heterocycles. The molecule has 21 heavy (non-hydrogen) atoms. The largest absolute Gasteiger partial charge is 0.409 e. The highest BCUT2D eigenvalue weighted by molar-refractivity contribution is 7.10. The van der Waals surface area contributed by atoms with Gasteiger partial charge in [0.2, 0.25) is 5.91 Å². The molecule has 1 atom stereocenters. The zero-order valence-electron chi connectivity index (χ0n) is 12.0. The fraction of sp³-hybridized carbons (Fsp3) is 0.571. The van der Waals surface area contributed by atoms with Gasteiger partial charge in [0.1, 0.15) is 5.41 Å². The predicted molar refractivity (Wildman–Crippen MR) is 81.4 cm³/mol. The maximum Gasteiger partial charge on any atom is 0.234 e. The lowest BCUT2D eigenvalue weighted by molar-refractivity contribution is -0.132. The number of hydrogen-bond donors (Lipinski definition) is 3. The average molecular weight is 311 g/mol. The number of nitrogens with one attached hydrogen (secondary N) is 1. The molecule has 1 unspecified atom stereocenters. The molecule has 4 N–H and O–H groups in total. The third kappa shape index (κ3) is 3.19. The zero-order chi connectivity index (χ0) is 15.3. The highest BCUT2D eigenvalue weighted by atomic mass is 32.1. The van der Waals surface area contributed by atoms with E-state index in [0.717, 1.165) is 11.3 Å². The van der Waals surface area contributed by atoms with E-state index in [-0.39, 0.29) is 17.8 Å². The molecule has 0 radical (unpaired) electrons. The molecule has 2 rings (SSSR count). The Morgan fingerprint density at radius 3 is 2.86 bits per heavy atom. The summed E-state index contributed by atoms with van der Waals surface area (Å²) in [5.41, 5.74) is 4.83. The molecule has 0 saturated carbocycles. The van der Waals surface area contributed by atoms with Gasteiger partial charge < -0.3 is 21.0 Å². The Morgan fingerprint density at radius 1 is 1.62 bits per heavy atom. The van der Waals surface area contributed by atoms with Crippen LogP contribution < -0.4 is 11.1 Å². The maximum absolute atomic E-state index is 12.8. The van der Waals surface area contributed by atoms with Gasteiger partial charge in [-0.25, -0.2) is 0 Å². The predicted octanol–water partition coefficient (Wildman–Crippen LogP) is 1.86. The van der Waals surface area contributed by atoms with Crippen LogP contribution in [0, 0.1) is 5.41 Å². The van der Waals surface area contributed by atoms with Crippen LogP contribution in [-0.2, 0) is 9.53 Å². The Labute approximate surface area is 128 Å². The molecular formula is C14H21N3O3S. The Morgan fingerprint density at radius 2 is 2.33 bits per heavy atom. The van der Waals surface area contributed by atoms with Crippen molar-refractivity contribution in [1.29, 1.82) is 0 Å². The van der Waals surface area contributed by atoms with Crippen molar-refractivity contribution >= 4 is 23.1 Å². The van der Waals surface area contributed by atoms with E-state index in [0.29, 0.717) is 26.1 Å². The van der Waals surface area contributed by atoms with E-state index in [4.69, 9.17) is 15.7 Å². The standard InChI is InChI=1S/C14H21N3O3S/c1-2-10(11-4-3-9-21-11)16-13(18)14(12(15)17-19)5-7-20-8-6-14/h3-4,9-10,19H,2,5-8H2,1H3,(H2,15,17)(H,16,18). The first-order valence-corrected chi connectivity index (χ1v) is 7.92. The highest BCUT2D eigenvalue weighted by Gasteiger charge is 2.45. The zero-order valence-corrected chi connectivity index (χ0v) is 12.9. The number of rotatable bonds is 5. The first-order valence-electron chi connectivity index (χ1n) is 7.04. The summed E-state index contributed by atoms with van der Waals surface area (Å²) in [5, 5.41) is 17.1. The number of oxime groups is 1. The summed E-state index contributed by atoms with van der Waals surface area (Å²) in [6.07, 6.45) is 1.64. The van der Waals surface area contributed by atoms with Crippen molar-refractivity contribution in [2.24, 2.45) is 16.3 Å². The van der Waals surface area contributed by atoms with Crippen LogP contribution in [0.5, 0.6) is 0 Å². The third-order valence-corrected chi connectivity index (χ3v) is 4.97. The van der Waals surface area contributed by atoms with Crippen molar-refractivity contribution in [3.05, 3.63) is 22.4 Å². The van der Waals surface area contributed by atoms with E-state index in [1.807, 2.05) is 24.4 Å². The first-order chi connectivity index (χ1) is 10.1. The summed E-state index contributed by atoms with van der Waals surface area (Å²) in [5.74, 6) is -0.231. The maximum atomic E-state index is 12.8. The minimum Gasteiger partial charge on any atom is -0.409 e. The van der Waals surface area contributed by atoms with Crippen LogP contribution in [-0.4, -0.2) is 30.2 Å². The van der Waals surface area contributed by atoms with Crippen molar-refractivity contribution in [3.8, 4) is 0 Å². The number of nitrogens with zero attached hydrogens (tertiary/aromatic N) is 1. The molecular weight excluding hydrogens is 290 g/mol. The summed E-state index contributed by atoms with van der Waals surface area (Å²) < 4.78 is 5.30. The summed E-state index contributed by atoms with van der Waals surface area (Å²) in [6, 6.07) is 3.91. The van der Waals surface area contributed by atoms with Crippen LogP contribution in [0.3, 0.4) is 0 Å². The van der Waals surface area contributed by atoms with E-state index in [1.165, 1.54) is 0 Å². The monoisotopic (exact) mass is 311 g/mol. The molecule has 1 fully saturated rings. The summed E-state index contributed by atoms with van der Waals surface area (Å²) in [7, 11) is 0. The SMILES string of the molecule is CCC(NC(=O)C1(C(N)=NO)CCOCC1)c1cccs1. The normalized spacial score (nSPS) is 20.0. The van der Waals surface area contributed by atoms with Gasteiger partial charge in [0.15, 0.2) is 5.84 Å². The Hall–Kier alpha value is -1.60. The van der Waals surface area contributed by atoms with Crippen molar-refractivity contribution in [2.45, 2.75) is 32.2 Å². The lowest BCUT2D eigenvalue weighted by Crippen LogP contribution is -2.53. The van der Waals surface area contributed by atoms with Gasteiger partial charge in [-0.2, -0.15) is 0 Å².